The molecule has 0 fully saturated rings. The van der Waals surface area contributed by atoms with Gasteiger partial charge in [-0.2, -0.15) is 0 Å². The zero-order chi connectivity index (χ0) is 26.7. The first-order chi connectivity index (χ1) is 16.9. The molecule has 192 valence electrons. The summed E-state index contributed by atoms with van der Waals surface area (Å²) in [6.07, 6.45) is 2.84. The number of carboxylic acids is 1. The molecule has 12 heteroatoms. The van der Waals surface area contributed by atoms with Gasteiger partial charge in [-0.15, -0.1) is 0 Å². The van der Waals surface area contributed by atoms with E-state index in [0.29, 0.717) is 18.4 Å². The van der Waals surface area contributed by atoms with Crippen molar-refractivity contribution < 1.29 is 32.7 Å². The second kappa shape index (κ2) is 10.5. The Labute approximate surface area is 206 Å². The van der Waals surface area contributed by atoms with E-state index in [1.165, 1.54) is 17.9 Å². The van der Waals surface area contributed by atoms with Crippen LogP contribution in [0.1, 0.15) is 31.7 Å². The Kier molecular flexibility index (Phi) is 7.89. The largest absolute Gasteiger partial charge is 0.481 e. The molecule has 1 atom stereocenters. The topological polar surface area (TPSA) is 156 Å². The summed E-state index contributed by atoms with van der Waals surface area (Å²) in [4.78, 5) is 39.8. The number of amides is 1. The molecular weight excluding hydrogens is 493 g/mol. The van der Waals surface area contributed by atoms with E-state index in [9.17, 15) is 27.2 Å². The van der Waals surface area contributed by atoms with Crippen LogP contribution in [0.4, 0.5) is 4.39 Å². The molecule has 0 aliphatic carbocycles. The van der Waals surface area contributed by atoms with Gasteiger partial charge in [0.05, 0.1) is 17.2 Å². The number of aliphatic carboxylic acids is 1. The molecule has 0 unspecified atom stereocenters. The first-order valence-electron chi connectivity index (χ1n) is 11.0. The van der Waals surface area contributed by atoms with Gasteiger partial charge in [0, 0.05) is 24.8 Å². The highest BCUT2D eigenvalue weighted by Gasteiger charge is 2.43. The SMILES string of the molecule is C[C@@](CCn1cnc2cc(-c3ccc(CCCC(=O)O)cc3)c(F)cc2c1=O)(C(=O)NO)S(C)(=O)=O. The van der Waals surface area contributed by atoms with Crippen molar-refractivity contribution in [1.29, 1.82) is 0 Å². The molecule has 3 aromatic rings. The lowest BCUT2D eigenvalue weighted by Crippen LogP contribution is -2.50. The third-order valence-corrected chi connectivity index (χ3v) is 8.29. The Morgan fingerprint density at radius 3 is 2.44 bits per heavy atom. The number of aromatic nitrogens is 2. The number of aryl methyl sites for hydroxylation is 2. The lowest BCUT2D eigenvalue weighted by Gasteiger charge is -2.25. The van der Waals surface area contributed by atoms with Gasteiger partial charge >= 0.3 is 5.97 Å². The first kappa shape index (κ1) is 27.0. The van der Waals surface area contributed by atoms with E-state index in [-0.39, 0.29) is 35.9 Å². The van der Waals surface area contributed by atoms with Gasteiger partial charge < -0.3 is 5.11 Å². The number of hydroxylamine groups is 1. The van der Waals surface area contributed by atoms with Gasteiger partial charge in [0.25, 0.3) is 11.5 Å². The third kappa shape index (κ3) is 5.60. The summed E-state index contributed by atoms with van der Waals surface area (Å²) in [6.45, 7) is 0.919. The third-order valence-electron chi connectivity index (χ3n) is 6.26. The lowest BCUT2D eigenvalue weighted by molar-refractivity contribution is -0.137. The van der Waals surface area contributed by atoms with Crippen LogP contribution in [0.5, 0.6) is 0 Å². The van der Waals surface area contributed by atoms with Crippen molar-refractivity contribution in [3.63, 3.8) is 0 Å². The van der Waals surface area contributed by atoms with Crippen LogP contribution in [-0.2, 0) is 32.4 Å². The van der Waals surface area contributed by atoms with E-state index in [1.54, 1.807) is 24.3 Å². The van der Waals surface area contributed by atoms with Crippen molar-refractivity contribution >= 4 is 32.6 Å². The molecule has 0 radical (unpaired) electrons. The average Bonchev–Trinajstić information content (AvgIpc) is 2.82. The quantitative estimate of drug-likeness (QED) is 0.272. The average molecular weight is 520 g/mol. The van der Waals surface area contributed by atoms with Crippen molar-refractivity contribution in [3.8, 4) is 11.1 Å². The molecule has 3 N–H and O–H groups in total. The highest BCUT2D eigenvalue weighted by molar-refractivity contribution is 7.92. The van der Waals surface area contributed by atoms with Crippen LogP contribution in [0.15, 0.2) is 47.5 Å². The minimum absolute atomic E-state index is 0.0169. The Hall–Kier alpha value is -3.64. The van der Waals surface area contributed by atoms with Crippen LogP contribution in [0.2, 0.25) is 0 Å². The van der Waals surface area contributed by atoms with Crippen LogP contribution in [0.3, 0.4) is 0 Å². The summed E-state index contributed by atoms with van der Waals surface area (Å²) in [7, 11) is -3.95. The normalized spacial score (nSPS) is 13.3. The molecule has 1 aromatic heterocycles. The van der Waals surface area contributed by atoms with Crippen molar-refractivity contribution in [2.75, 3.05) is 6.26 Å². The van der Waals surface area contributed by atoms with Gasteiger partial charge in [0.1, 0.15) is 5.82 Å². The zero-order valence-corrected chi connectivity index (χ0v) is 20.5. The van der Waals surface area contributed by atoms with Crippen molar-refractivity contribution in [2.24, 2.45) is 0 Å². The van der Waals surface area contributed by atoms with Gasteiger partial charge in [-0.3, -0.25) is 24.2 Å². The summed E-state index contributed by atoms with van der Waals surface area (Å²) in [5, 5.41) is 17.7. The maximum atomic E-state index is 15.0. The number of nitrogens with one attached hydrogen (secondary N) is 1. The molecule has 10 nitrogen and oxygen atoms in total. The second-order valence-electron chi connectivity index (χ2n) is 8.73. The fraction of sp³-hybridized carbons (Fsp3) is 0.333. The second-order valence-corrected chi connectivity index (χ2v) is 11.2. The predicted octanol–water partition coefficient (Wildman–Crippen LogP) is 2.31. The van der Waals surface area contributed by atoms with Gasteiger partial charge in [0.15, 0.2) is 14.6 Å². The number of carbonyl (C=O) groups is 2. The number of rotatable bonds is 10. The predicted molar refractivity (Wildman–Crippen MR) is 130 cm³/mol. The maximum absolute atomic E-state index is 15.0. The van der Waals surface area contributed by atoms with Crippen LogP contribution >= 0.6 is 0 Å². The van der Waals surface area contributed by atoms with Crippen molar-refractivity contribution in [1.82, 2.24) is 15.0 Å². The summed E-state index contributed by atoms with van der Waals surface area (Å²) < 4.78 is 38.4. The van der Waals surface area contributed by atoms with E-state index in [4.69, 9.17) is 10.3 Å². The molecule has 1 amide bonds. The fourth-order valence-corrected chi connectivity index (χ4v) is 4.62. The standard InChI is InChI=1S/C24H26FN3O7S/c1-24(23(32)27-33,36(2,34)35)10-11-28-14-26-20-13-17(19(25)12-18(20)22(28)31)16-8-6-15(7-9-16)4-3-5-21(29)30/h6-9,12-14,33H,3-5,10-11H2,1-2H3,(H,27,32)(H,29,30)/t24-/m1/s1. The number of sulfone groups is 1. The molecule has 2 aromatic carbocycles. The number of carboxylic acid groups (broad SMARTS) is 1. The molecule has 0 bridgehead atoms. The van der Waals surface area contributed by atoms with Gasteiger partial charge in [-0.05, 0) is 49.4 Å². The molecule has 0 aliphatic heterocycles. The maximum Gasteiger partial charge on any atom is 0.303 e. The molecule has 0 saturated carbocycles. The minimum atomic E-state index is -3.95. The highest BCUT2D eigenvalue weighted by atomic mass is 32.2. The zero-order valence-electron chi connectivity index (χ0n) is 19.7. The number of carbonyl (C=O) groups excluding carboxylic acids is 1. The monoisotopic (exact) mass is 519 g/mol. The van der Waals surface area contributed by atoms with Crippen molar-refractivity contribution in [2.45, 2.75) is 43.9 Å². The molecule has 0 saturated heterocycles. The Balaban J connectivity index is 1.88. The van der Waals surface area contributed by atoms with Crippen LogP contribution < -0.4 is 11.0 Å². The Morgan fingerprint density at radius 1 is 1.19 bits per heavy atom. The van der Waals surface area contributed by atoms with Gasteiger partial charge in [-0.25, -0.2) is 23.3 Å². The number of nitrogens with zero attached hydrogens (tertiary/aromatic N) is 2. The first-order valence-corrected chi connectivity index (χ1v) is 12.9. The van der Waals surface area contributed by atoms with Crippen LogP contribution in [-0.4, -0.2) is 51.2 Å². The number of fused-ring (bicyclic) bond motifs is 1. The van der Waals surface area contributed by atoms with Crippen molar-refractivity contribution in [3.05, 3.63) is 64.5 Å². The molecule has 0 spiro atoms. The number of hydrogen-bond donors (Lipinski definition) is 3. The summed E-state index contributed by atoms with van der Waals surface area (Å²) in [5.41, 5.74) is 2.67. The van der Waals surface area contributed by atoms with Gasteiger partial charge in [-0.1, -0.05) is 24.3 Å². The summed E-state index contributed by atoms with van der Waals surface area (Å²) >= 11 is 0. The molecule has 3 rings (SSSR count). The van der Waals surface area contributed by atoms with E-state index >= 15 is 0 Å². The van der Waals surface area contributed by atoms with Crippen LogP contribution in [0, 0.1) is 5.82 Å². The van der Waals surface area contributed by atoms with E-state index in [0.717, 1.165) is 29.4 Å². The molecule has 1 heterocycles. The lowest BCUT2D eigenvalue weighted by atomic mass is 10.00. The Bertz CT molecular complexity index is 1470. The van der Waals surface area contributed by atoms with Gasteiger partial charge in [0.2, 0.25) is 0 Å². The number of hydrogen-bond acceptors (Lipinski definition) is 7. The van der Waals surface area contributed by atoms with E-state index < -0.39 is 37.8 Å². The molecular formula is C24H26FN3O7S. The number of halogens is 1. The number of benzene rings is 2. The smallest absolute Gasteiger partial charge is 0.303 e. The minimum Gasteiger partial charge on any atom is -0.481 e. The fourth-order valence-electron chi connectivity index (χ4n) is 3.77. The molecule has 0 aliphatic rings. The highest BCUT2D eigenvalue weighted by Crippen LogP contribution is 2.27. The Morgan fingerprint density at radius 2 is 1.86 bits per heavy atom. The summed E-state index contributed by atoms with van der Waals surface area (Å²) in [6, 6.07) is 9.49. The van der Waals surface area contributed by atoms with Crippen LogP contribution in [0.25, 0.3) is 22.0 Å². The summed E-state index contributed by atoms with van der Waals surface area (Å²) in [5.74, 6) is -2.65. The molecule has 36 heavy (non-hydrogen) atoms. The van der Waals surface area contributed by atoms with E-state index in [2.05, 4.69) is 4.98 Å². The van der Waals surface area contributed by atoms with E-state index in [1.807, 2.05) is 0 Å².